The largest absolute Gasteiger partial charge is 0.347 e. The Morgan fingerprint density at radius 3 is 2.17 bits per heavy atom. The van der Waals surface area contributed by atoms with Crippen molar-refractivity contribution in [1.29, 1.82) is 0 Å². The standard InChI is InChI=1S/C50H51N2S/c1-5-34-49(2)45(51(3)43-32-30-37-20-10-14-26-41(37)47(43)49)28-16-12-24-40(53-39-22-8-6-9-23-39)25-13-17-29-46-50(35-18-7-19-36-50)48-42-27-15-11-21-38(42)31-33-44(48)52(46)4/h6,8-17,20-33H,5,7,18-19,34-36H2,1-4H3/q+1. The first-order chi connectivity index (χ1) is 25.9. The van der Waals surface area contributed by atoms with Crippen LogP contribution in [-0.4, -0.2) is 24.4 Å². The van der Waals surface area contributed by atoms with E-state index in [1.165, 1.54) is 91.8 Å². The quantitative estimate of drug-likeness (QED) is 0.0853. The van der Waals surface area contributed by atoms with Crippen molar-refractivity contribution in [2.24, 2.45) is 0 Å². The van der Waals surface area contributed by atoms with E-state index in [-0.39, 0.29) is 10.8 Å². The Labute approximate surface area is 320 Å². The maximum Gasteiger partial charge on any atom is 0.210 e. The molecular formula is C50H51N2S+. The van der Waals surface area contributed by atoms with Gasteiger partial charge in [0.25, 0.3) is 0 Å². The number of fused-ring (bicyclic) bond motifs is 7. The van der Waals surface area contributed by atoms with E-state index >= 15 is 0 Å². The van der Waals surface area contributed by atoms with Crippen LogP contribution in [0, 0.1) is 0 Å². The van der Waals surface area contributed by atoms with Gasteiger partial charge >= 0.3 is 0 Å². The molecule has 1 saturated carbocycles. The lowest BCUT2D eigenvalue weighted by Gasteiger charge is -2.32. The van der Waals surface area contributed by atoms with Crippen LogP contribution < -0.4 is 4.90 Å². The van der Waals surface area contributed by atoms with Crippen molar-refractivity contribution in [1.82, 2.24) is 0 Å². The highest BCUT2D eigenvalue weighted by atomic mass is 32.2. The fraction of sp³-hybridized carbons (Fsp3) is 0.260. The lowest BCUT2D eigenvalue weighted by molar-refractivity contribution is -0.401. The summed E-state index contributed by atoms with van der Waals surface area (Å²) in [6, 6.07) is 37.7. The SMILES string of the molecule is CCCC1(C)\C(=C/C=C/C=C(/C=C/C=C/C2=[N+](C)c3ccc4ccccc4c3C23CCCCC3)Sc2ccccc2)N(C)c2ccc3ccccc3c21. The minimum atomic E-state index is -0.0488. The molecule has 2 aliphatic heterocycles. The van der Waals surface area contributed by atoms with Crippen molar-refractivity contribution in [3.63, 3.8) is 0 Å². The van der Waals surface area contributed by atoms with E-state index in [0.717, 1.165) is 12.8 Å². The van der Waals surface area contributed by atoms with Gasteiger partial charge in [-0.15, -0.1) is 0 Å². The van der Waals surface area contributed by atoms with Crippen molar-refractivity contribution < 1.29 is 4.58 Å². The van der Waals surface area contributed by atoms with Gasteiger partial charge in [0.2, 0.25) is 5.69 Å². The molecule has 0 radical (unpaired) electrons. The molecule has 0 aromatic heterocycles. The van der Waals surface area contributed by atoms with E-state index in [1.54, 1.807) is 5.56 Å². The van der Waals surface area contributed by atoms with Crippen LogP contribution in [0.5, 0.6) is 0 Å². The Hall–Kier alpha value is -4.86. The lowest BCUT2D eigenvalue weighted by atomic mass is 9.66. The van der Waals surface area contributed by atoms with Crippen LogP contribution in [0.2, 0.25) is 0 Å². The summed E-state index contributed by atoms with van der Waals surface area (Å²) in [4.78, 5) is 4.85. The van der Waals surface area contributed by atoms with Gasteiger partial charge < -0.3 is 4.90 Å². The predicted octanol–water partition coefficient (Wildman–Crippen LogP) is 13.4. The topological polar surface area (TPSA) is 6.25 Å². The summed E-state index contributed by atoms with van der Waals surface area (Å²) in [5.74, 6) is 0. The Bertz CT molecular complexity index is 2350. The molecule has 3 aliphatic rings. The molecule has 0 N–H and O–H groups in total. The Morgan fingerprint density at radius 1 is 0.755 bits per heavy atom. The van der Waals surface area contributed by atoms with Gasteiger partial charge in [-0.2, -0.15) is 4.58 Å². The van der Waals surface area contributed by atoms with Crippen LogP contribution in [-0.2, 0) is 10.8 Å². The number of thioether (sulfide) groups is 1. The zero-order valence-electron chi connectivity index (χ0n) is 31.7. The third-order valence-electron chi connectivity index (χ3n) is 12.0. The van der Waals surface area contributed by atoms with Gasteiger partial charge in [0, 0.05) is 51.4 Å². The molecule has 1 spiro atoms. The van der Waals surface area contributed by atoms with E-state index in [4.69, 9.17) is 0 Å². The summed E-state index contributed by atoms with van der Waals surface area (Å²) >= 11 is 1.81. The third-order valence-corrected chi connectivity index (χ3v) is 13.0. The predicted molar refractivity (Wildman–Crippen MR) is 230 cm³/mol. The zero-order chi connectivity index (χ0) is 36.4. The minimum Gasteiger partial charge on any atom is -0.347 e. The molecule has 5 aromatic carbocycles. The molecule has 2 nitrogen and oxygen atoms in total. The maximum atomic E-state index is 2.47. The van der Waals surface area contributed by atoms with Crippen molar-refractivity contribution in [2.75, 3.05) is 19.0 Å². The molecule has 1 unspecified atom stereocenters. The van der Waals surface area contributed by atoms with Gasteiger partial charge in [0.05, 0.1) is 5.41 Å². The molecule has 8 rings (SSSR count). The summed E-state index contributed by atoms with van der Waals surface area (Å²) in [6.45, 7) is 4.74. The number of rotatable bonds is 9. The minimum absolute atomic E-state index is 0.0488. The van der Waals surface area contributed by atoms with Crippen LogP contribution >= 0.6 is 11.8 Å². The molecule has 2 heterocycles. The Morgan fingerprint density at radius 2 is 1.43 bits per heavy atom. The average Bonchev–Trinajstić information content (AvgIpc) is 3.54. The highest BCUT2D eigenvalue weighted by Gasteiger charge is 2.51. The molecule has 0 amide bonds. The van der Waals surface area contributed by atoms with Gasteiger partial charge in [0.15, 0.2) is 5.71 Å². The first-order valence-electron chi connectivity index (χ1n) is 19.5. The van der Waals surface area contributed by atoms with Crippen LogP contribution in [0.15, 0.2) is 167 Å². The summed E-state index contributed by atoms with van der Waals surface area (Å²) in [5.41, 5.74) is 8.51. The highest BCUT2D eigenvalue weighted by molar-refractivity contribution is 8.03. The Balaban J connectivity index is 1.09. The first-order valence-corrected chi connectivity index (χ1v) is 20.3. The molecule has 266 valence electrons. The fourth-order valence-electron chi connectivity index (χ4n) is 9.69. The first kappa shape index (κ1) is 35.2. The van der Waals surface area contributed by atoms with Crippen molar-refractivity contribution in [3.8, 4) is 0 Å². The number of benzene rings is 5. The number of allylic oxidation sites excluding steroid dienone is 9. The second-order valence-electron chi connectivity index (χ2n) is 15.2. The molecule has 1 fully saturated rings. The fourth-order valence-corrected chi connectivity index (χ4v) is 10.6. The van der Waals surface area contributed by atoms with E-state index in [1.807, 2.05) is 11.8 Å². The Kier molecular flexibility index (Phi) is 9.87. The number of hydrogen-bond acceptors (Lipinski definition) is 2. The molecule has 3 heteroatoms. The van der Waals surface area contributed by atoms with Gasteiger partial charge in [-0.25, -0.2) is 0 Å². The normalized spacial score (nSPS) is 20.7. The number of likely N-dealkylation sites (N-methyl/N-ethyl adjacent to an activating group) is 1. The summed E-state index contributed by atoms with van der Waals surface area (Å²) in [6.07, 6.45) is 26.8. The van der Waals surface area contributed by atoms with Crippen LogP contribution in [0.1, 0.15) is 69.9 Å². The second-order valence-corrected chi connectivity index (χ2v) is 16.4. The molecule has 0 saturated heterocycles. The maximum absolute atomic E-state index is 2.47. The van der Waals surface area contributed by atoms with Gasteiger partial charge in [0.1, 0.15) is 7.05 Å². The van der Waals surface area contributed by atoms with Crippen LogP contribution in [0.4, 0.5) is 11.4 Å². The van der Waals surface area contributed by atoms with Crippen molar-refractivity contribution in [3.05, 3.63) is 173 Å². The molecular weight excluding hydrogens is 661 g/mol. The summed E-state index contributed by atoms with van der Waals surface area (Å²) in [7, 11) is 4.50. The van der Waals surface area contributed by atoms with E-state index in [9.17, 15) is 0 Å². The van der Waals surface area contributed by atoms with E-state index in [2.05, 4.69) is 189 Å². The third kappa shape index (κ3) is 6.33. The second kappa shape index (κ2) is 14.9. The number of hydrogen-bond donors (Lipinski definition) is 0. The summed E-state index contributed by atoms with van der Waals surface area (Å²) in [5, 5.41) is 5.45. The zero-order valence-corrected chi connectivity index (χ0v) is 32.5. The highest BCUT2D eigenvalue weighted by Crippen LogP contribution is 2.53. The van der Waals surface area contributed by atoms with Gasteiger partial charge in [-0.3, -0.25) is 0 Å². The molecule has 0 bridgehead atoms. The van der Waals surface area contributed by atoms with Crippen LogP contribution in [0.25, 0.3) is 21.5 Å². The van der Waals surface area contributed by atoms with E-state index in [0.29, 0.717) is 0 Å². The van der Waals surface area contributed by atoms with E-state index < -0.39 is 0 Å². The van der Waals surface area contributed by atoms with Crippen LogP contribution in [0.3, 0.4) is 0 Å². The van der Waals surface area contributed by atoms with Crippen molar-refractivity contribution >= 4 is 50.4 Å². The molecule has 1 atom stereocenters. The monoisotopic (exact) mass is 711 g/mol. The average molecular weight is 712 g/mol. The van der Waals surface area contributed by atoms with Gasteiger partial charge in [-0.1, -0.05) is 141 Å². The lowest BCUT2D eigenvalue weighted by Crippen LogP contribution is -2.36. The molecule has 1 aliphatic carbocycles. The number of nitrogens with zero attached hydrogens (tertiary/aromatic N) is 2. The smallest absolute Gasteiger partial charge is 0.210 e. The van der Waals surface area contributed by atoms with Gasteiger partial charge in [-0.05, 0) is 95.8 Å². The number of anilines is 1. The molecule has 5 aromatic rings. The summed E-state index contributed by atoms with van der Waals surface area (Å²) < 4.78 is 2.47. The molecule has 53 heavy (non-hydrogen) atoms. The van der Waals surface area contributed by atoms with Crippen molar-refractivity contribution in [2.45, 2.75) is 74.5 Å².